The lowest BCUT2D eigenvalue weighted by molar-refractivity contribution is -0.118. The van der Waals surface area contributed by atoms with E-state index in [0.29, 0.717) is 23.5 Å². The smallest absolute Gasteiger partial charge is 0.262 e. The van der Waals surface area contributed by atoms with Crippen LogP contribution in [0, 0.1) is 6.92 Å². The Balaban J connectivity index is 1.67. The minimum atomic E-state index is -0.179. The maximum Gasteiger partial charge on any atom is 0.262 e. The van der Waals surface area contributed by atoms with Crippen molar-refractivity contribution in [3.05, 3.63) is 53.1 Å². The highest BCUT2D eigenvalue weighted by molar-refractivity contribution is 6.08. The molecule has 122 valence electrons. The van der Waals surface area contributed by atoms with Gasteiger partial charge in [0, 0.05) is 17.8 Å². The number of aryl methyl sites for hydroxylation is 2. The van der Waals surface area contributed by atoms with E-state index >= 15 is 0 Å². The summed E-state index contributed by atoms with van der Waals surface area (Å²) in [6, 6.07) is 11.4. The average molecular weight is 322 g/mol. The number of rotatable bonds is 1. The molecule has 2 aromatic carbocycles. The highest BCUT2D eigenvalue weighted by Crippen LogP contribution is 2.32. The molecule has 2 aliphatic rings. The number of hydrogen-bond donors (Lipinski definition) is 1. The van der Waals surface area contributed by atoms with Gasteiger partial charge in [-0.25, -0.2) is 0 Å². The Morgan fingerprint density at radius 1 is 1.21 bits per heavy atom. The Bertz CT molecular complexity index is 845. The van der Waals surface area contributed by atoms with Gasteiger partial charge in [0.05, 0.1) is 5.69 Å². The van der Waals surface area contributed by atoms with Crippen molar-refractivity contribution < 1.29 is 14.3 Å². The van der Waals surface area contributed by atoms with E-state index in [1.165, 1.54) is 11.1 Å². The van der Waals surface area contributed by atoms with Gasteiger partial charge in [-0.15, -0.1) is 0 Å². The molecule has 1 N–H and O–H groups in total. The fraction of sp³-hybridized carbons (Fsp3) is 0.263. The summed E-state index contributed by atoms with van der Waals surface area (Å²) in [5.41, 5.74) is 4.59. The molecule has 0 saturated heterocycles. The summed E-state index contributed by atoms with van der Waals surface area (Å²) in [7, 11) is 0. The third kappa shape index (κ3) is 2.52. The van der Waals surface area contributed by atoms with Gasteiger partial charge in [0.15, 0.2) is 6.61 Å². The summed E-state index contributed by atoms with van der Waals surface area (Å²) < 4.78 is 5.42. The molecule has 0 radical (unpaired) electrons. The first-order chi connectivity index (χ1) is 11.6. The molecule has 4 rings (SSSR count). The van der Waals surface area contributed by atoms with E-state index < -0.39 is 0 Å². The zero-order valence-electron chi connectivity index (χ0n) is 13.5. The maximum absolute atomic E-state index is 13.0. The van der Waals surface area contributed by atoms with E-state index in [1.807, 2.05) is 17.0 Å². The highest BCUT2D eigenvalue weighted by atomic mass is 16.5. The summed E-state index contributed by atoms with van der Waals surface area (Å²) >= 11 is 0. The largest absolute Gasteiger partial charge is 0.482 e. The minimum Gasteiger partial charge on any atom is -0.482 e. The molecule has 2 heterocycles. The number of benzene rings is 2. The SMILES string of the molecule is Cc1ccc2c(c1)CCCN2C(=O)c1ccc2c(c1)OCC(=O)N2. The van der Waals surface area contributed by atoms with Crippen molar-refractivity contribution in [3.63, 3.8) is 0 Å². The monoisotopic (exact) mass is 322 g/mol. The molecule has 0 saturated carbocycles. The molecule has 0 spiro atoms. The first kappa shape index (κ1) is 14.8. The van der Waals surface area contributed by atoms with E-state index in [2.05, 4.69) is 18.3 Å². The number of carbonyl (C=O) groups excluding carboxylic acids is 2. The molecule has 0 bridgehead atoms. The minimum absolute atomic E-state index is 0.0174. The second kappa shape index (κ2) is 5.67. The van der Waals surface area contributed by atoms with Gasteiger partial charge in [0.2, 0.25) is 0 Å². The molecule has 0 aliphatic carbocycles. The molecule has 0 unspecified atom stereocenters. The van der Waals surface area contributed by atoms with Crippen LogP contribution >= 0.6 is 0 Å². The fourth-order valence-electron chi connectivity index (χ4n) is 3.30. The number of carbonyl (C=O) groups is 2. The van der Waals surface area contributed by atoms with Crippen molar-refractivity contribution in [2.24, 2.45) is 0 Å². The summed E-state index contributed by atoms with van der Waals surface area (Å²) in [5, 5.41) is 2.74. The van der Waals surface area contributed by atoms with Crippen LogP contribution in [0.4, 0.5) is 11.4 Å². The van der Waals surface area contributed by atoms with Crippen LogP contribution in [0.5, 0.6) is 5.75 Å². The van der Waals surface area contributed by atoms with E-state index in [9.17, 15) is 9.59 Å². The van der Waals surface area contributed by atoms with E-state index in [4.69, 9.17) is 4.74 Å². The molecule has 2 aliphatic heterocycles. The number of anilines is 2. The Hall–Kier alpha value is -2.82. The third-order valence-electron chi connectivity index (χ3n) is 4.46. The van der Waals surface area contributed by atoms with Gasteiger partial charge in [-0.2, -0.15) is 0 Å². The van der Waals surface area contributed by atoms with Crippen LogP contribution in [0.1, 0.15) is 27.9 Å². The van der Waals surface area contributed by atoms with Gasteiger partial charge < -0.3 is 15.0 Å². The summed E-state index contributed by atoms with van der Waals surface area (Å²) in [6.07, 6.45) is 1.96. The van der Waals surface area contributed by atoms with Crippen LogP contribution in [-0.2, 0) is 11.2 Å². The van der Waals surface area contributed by atoms with E-state index in [-0.39, 0.29) is 18.4 Å². The number of fused-ring (bicyclic) bond motifs is 2. The molecule has 2 aromatic rings. The predicted molar refractivity (Wildman–Crippen MR) is 91.7 cm³/mol. The maximum atomic E-state index is 13.0. The van der Waals surface area contributed by atoms with Crippen LogP contribution in [0.25, 0.3) is 0 Å². The zero-order valence-corrected chi connectivity index (χ0v) is 13.5. The Morgan fingerprint density at radius 2 is 2.08 bits per heavy atom. The Morgan fingerprint density at radius 3 is 2.96 bits per heavy atom. The topological polar surface area (TPSA) is 58.6 Å². The molecular formula is C19H18N2O3. The zero-order chi connectivity index (χ0) is 16.7. The van der Waals surface area contributed by atoms with Crippen LogP contribution in [0.15, 0.2) is 36.4 Å². The molecule has 0 fully saturated rings. The van der Waals surface area contributed by atoms with E-state index in [0.717, 1.165) is 18.5 Å². The second-order valence-corrected chi connectivity index (χ2v) is 6.24. The summed E-state index contributed by atoms with van der Waals surface area (Å²) in [6.45, 7) is 2.76. The number of nitrogens with zero attached hydrogens (tertiary/aromatic N) is 1. The van der Waals surface area contributed by atoms with Gasteiger partial charge in [0.25, 0.3) is 11.8 Å². The fourth-order valence-corrected chi connectivity index (χ4v) is 3.30. The van der Waals surface area contributed by atoms with Crippen molar-refractivity contribution in [2.75, 3.05) is 23.4 Å². The standard InChI is InChI=1S/C19H18N2O3/c1-12-4-7-16-13(9-12)3-2-8-21(16)19(23)14-5-6-15-17(10-14)24-11-18(22)20-15/h4-7,9-10H,2-3,8,11H2,1H3,(H,20,22). The number of ether oxygens (including phenoxy) is 1. The van der Waals surface area contributed by atoms with Crippen LogP contribution < -0.4 is 15.0 Å². The quantitative estimate of drug-likeness (QED) is 0.878. The number of amides is 2. The number of hydrogen-bond acceptors (Lipinski definition) is 3. The molecule has 24 heavy (non-hydrogen) atoms. The average Bonchev–Trinajstić information content (AvgIpc) is 2.60. The van der Waals surface area contributed by atoms with Gasteiger partial charge in [-0.1, -0.05) is 17.7 Å². The van der Waals surface area contributed by atoms with Crippen LogP contribution in [-0.4, -0.2) is 25.0 Å². The molecule has 0 aromatic heterocycles. The molecule has 5 nitrogen and oxygen atoms in total. The van der Waals surface area contributed by atoms with Gasteiger partial charge in [0.1, 0.15) is 5.75 Å². The molecule has 2 amide bonds. The highest BCUT2D eigenvalue weighted by Gasteiger charge is 2.25. The van der Waals surface area contributed by atoms with Crippen molar-refractivity contribution in [2.45, 2.75) is 19.8 Å². The first-order valence-electron chi connectivity index (χ1n) is 8.10. The Kier molecular flexibility index (Phi) is 3.49. The first-order valence-corrected chi connectivity index (χ1v) is 8.10. The van der Waals surface area contributed by atoms with Gasteiger partial charge in [-0.3, -0.25) is 9.59 Å². The number of nitrogens with one attached hydrogen (secondary N) is 1. The molecular weight excluding hydrogens is 304 g/mol. The lowest BCUT2D eigenvalue weighted by atomic mass is 9.98. The van der Waals surface area contributed by atoms with E-state index in [1.54, 1.807) is 18.2 Å². The Labute approximate surface area is 140 Å². The molecule has 5 heteroatoms. The van der Waals surface area contributed by atoms with Crippen molar-refractivity contribution in [1.82, 2.24) is 0 Å². The third-order valence-corrected chi connectivity index (χ3v) is 4.46. The van der Waals surface area contributed by atoms with Crippen LogP contribution in [0.3, 0.4) is 0 Å². The second-order valence-electron chi connectivity index (χ2n) is 6.24. The predicted octanol–water partition coefficient (Wildman–Crippen LogP) is 2.92. The van der Waals surface area contributed by atoms with Crippen molar-refractivity contribution >= 4 is 23.2 Å². The van der Waals surface area contributed by atoms with Crippen molar-refractivity contribution in [3.8, 4) is 5.75 Å². The van der Waals surface area contributed by atoms with Gasteiger partial charge >= 0.3 is 0 Å². The van der Waals surface area contributed by atoms with Gasteiger partial charge in [-0.05, 0) is 49.6 Å². The summed E-state index contributed by atoms with van der Waals surface area (Å²) in [4.78, 5) is 26.2. The lowest BCUT2D eigenvalue weighted by Crippen LogP contribution is -2.35. The lowest BCUT2D eigenvalue weighted by Gasteiger charge is -2.30. The molecule has 0 atom stereocenters. The summed E-state index contributed by atoms with van der Waals surface area (Å²) in [5.74, 6) is 0.326. The normalized spacial score (nSPS) is 15.9. The van der Waals surface area contributed by atoms with Crippen molar-refractivity contribution in [1.29, 1.82) is 0 Å². The van der Waals surface area contributed by atoms with Crippen LogP contribution in [0.2, 0.25) is 0 Å².